The summed E-state index contributed by atoms with van der Waals surface area (Å²) in [5, 5.41) is 2.91. The molecular weight excluding hydrogens is 180 g/mol. The Morgan fingerprint density at radius 2 is 2.29 bits per heavy atom. The third-order valence-corrected chi connectivity index (χ3v) is 2.33. The standard InChI is InChI=1S/C10H18N2O2/c1-2-3-9(11)10(13)12-8-4-6-14-7-5-8/h2,8-9H,1,3-7,11H2,(H,12,13). The van der Waals surface area contributed by atoms with Crippen LogP contribution in [0.3, 0.4) is 0 Å². The summed E-state index contributed by atoms with van der Waals surface area (Å²) < 4.78 is 5.19. The van der Waals surface area contributed by atoms with Crippen LogP contribution < -0.4 is 11.1 Å². The highest BCUT2D eigenvalue weighted by atomic mass is 16.5. The van der Waals surface area contributed by atoms with Gasteiger partial charge in [-0.05, 0) is 19.3 Å². The van der Waals surface area contributed by atoms with Crippen LogP contribution in [0.5, 0.6) is 0 Å². The van der Waals surface area contributed by atoms with Gasteiger partial charge in [0.05, 0.1) is 6.04 Å². The first kappa shape index (κ1) is 11.2. The summed E-state index contributed by atoms with van der Waals surface area (Å²) >= 11 is 0. The van der Waals surface area contributed by atoms with Crippen molar-refractivity contribution < 1.29 is 9.53 Å². The van der Waals surface area contributed by atoms with E-state index in [9.17, 15) is 4.79 Å². The summed E-state index contributed by atoms with van der Waals surface area (Å²) in [5.41, 5.74) is 5.63. The highest BCUT2D eigenvalue weighted by molar-refractivity contribution is 5.81. The predicted octanol–water partition coefficient (Wildman–Crippen LogP) is 0.185. The maximum Gasteiger partial charge on any atom is 0.237 e. The van der Waals surface area contributed by atoms with Crippen molar-refractivity contribution in [1.29, 1.82) is 0 Å². The molecule has 1 fully saturated rings. The van der Waals surface area contributed by atoms with E-state index in [1.165, 1.54) is 0 Å². The maximum atomic E-state index is 11.5. The number of carbonyl (C=O) groups excluding carboxylic acids is 1. The lowest BCUT2D eigenvalue weighted by atomic mass is 10.1. The number of hydrogen-bond donors (Lipinski definition) is 2. The molecule has 1 aliphatic heterocycles. The summed E-state index contributed by atoms with van der Waals surface area (Å²) in [7, 11) is 0. The molecule has 0 aromatic heterocycles. The summed E-state index contributed by atoms with van der Waals surface area (Å²) in [6, 6.07) is -0.234. The van der Waals surface area contributed by atoms with Crippen molar-refractivity contribution in [2.45, 2.75) is 31.3 Å². The van der Waals surface area contributed by atoms with E-state index >= 15 is 0 Å². The minimum atomic E-state index is -0.463. The molecule has 1 unspecified atom stereocenters. The van der Waals surface area contributed by atoms with Crippen molar-refractivity contribution in [2.24, 2.45) is 5.73 Å². The number of hydrogen-bond acceptors (Lipinski definition) is 3. The second-order valence-electron chi connectivity index (χ2n) is 3.53. The van der Waals surface area contributed by atoms with Gasteiger partial charge in [-0.3, -0.25) is 4.79 Å². The van der Waals surface area contributed by atoms with Gasteiger partial charge in [-0.1, -0.05) is 6.08 Å². The van der Waals surface area contributed by atoms with Crippen LogP contribution in [0.15, 0.2) is 12.7 Å². The van der Waals surface area contributed by atoms with Gasteiger partial charge in [-0.25, -0.2) is 0 Å². The molecule has 1 atom stereocenters. The van der Waals surface area contributed by atoms with Crippen molar-refractivity contribution in [1.82, 2.24) is 5.32 Å². The highest BCUT2D eigenvalue weighted by Crippen LogP contribution is 2.06. The van der Waals surface area contributed by atoms with Crippen molar-refractivity contribution in [3.05, 3.63) is 12.7 Å². The van der Waals surface area contributed by atoms with Gasteiger partial charge in [0.25, 0.3) is 0 Å². The van der Waals surface area contributed by atoms with Gasteiger partial charge in [0.1, 0.15) is 0 Å². The lowest BCUT2D eigenvalue weighted by Gasteiger charge is -2.24. The Morgan fingerprint density at radius 1 is 1.64 bits per heavy atom. The van der Waals surface area contributed by atoms with Gasteiger partial charge in [-0.15, -0.1) is 6.58 Å². The van der Waals surface area contributed by atoms with Gasteiger partial charge in [0, 0.05) is 19.3 Å². The molecule has 0 spiro atoms. The molecule has 14 heavy (non-hydrogen) atoms. The second kappa shape index (κ2) is 5.78. The van der Waals surface area contributed by atoms with Crippen molar-refractivity contribution in [3.8, 4) is 0 Å². The van der Waals surface area contributed by atoms with E-state index in [1.54, 1.807) is 6.08 Å². The van der Waals surface area contributed by atoms with Crippen LogP contribution in [-0.2, 0) is 9.53 Å². The van der Waals surface area contributed by atoms with E-state index in [4.69, 9.17) is 10.5 Å². The van der Waals surface area contributed by atoms with Gasteiger partial charge in [0.15, 0.2) is 0 Å². The Kier molecular flexibility index (Phi) is 4.62. The van der Waals surface area contributed by atoms with E-state index in [-0.39, 0.29) is 11.9 Å². The fraction of sp³-hybridized carbons (Fsp3) is 0.700. The quantitative estimate of drug-likeness (QED) is 0.634. The second-order valence-corrected chi connectivity index (χ2v) is 3.53. The highest BCUT2D eigenvalue weighted by Gasteiger charge is 2.19. The van der Waals surface area contributed by atoms with Crippen LogP contribution >= 0.6 is 0 Å². The minimum Gasteiger partial charge on any atom is -0.381 e. The van der Waals surface area contributed by atoms with Crippen LogP contribution in [0.2, 0.25) is 0 Å². The molecule has 1 aliphatic rings. The zero-order valence-electron chi connectivity index (χ0n) is 8.37. The number of amides is 1. The molecule has 1 heterocycles. The molecule has 1 saturated heterocycles. The zero-order chi connectivity index (χ0) is 10.4. The fourth-order valence-corrected chi connectivity index (χ4v) is 1.44. The Hall–Kier alpha value is -0.870. The Balaban J connectivity index is 2.27. The van der Waals surface area contributed by atoms with Gasteiger partial charge in [-0.2, -0.15) is 0 Å². The molecule has 0 aromatic rings. The zero-order valence-corrected chi connectivity index (χ0v) is 8.37. The lowest BCUT2D eigenvalue weighted by Crippen LogP contribution is -2.46. The summed E-state index contributed by atoms with van der Waals surface area (Å²) in [5.74, 6) is -0.0863. The van der Waals surface area contributed by atoms with Crippen molar-refractivity contribution >= 4 is 5.91 Å². The van der Waals surface area contributed by atoms with Crippen molar-refractivity contribution in [2.75, 3.05) is 13.2 Å². The third-order valence-electron chi connectivity index (χ3n) is 2.33. The first-order valence-corrected chi connectivity index (χ1v) is 4.98. The van der Waals surface area contributed by atoms with Crippen LogP contribution in [-0.4, -0.2) is 31.2 Å². The number of nitrogens with two attached hydrogens (primary N) is 1. The summed E-state index contributed by atoms with van der Waals surface area (Å²) in [6.07, 6.45) is 3.95. The average Bonchev–Trinajstić information content (AvgIpc) is 2.19. The lowest BCUT2D eigenvalue weighted by molar-refractivity contribution is -0.123. The number of nitrogens with one attached hydrogen (secondary N) is 1. The number of ether oxygens (including phenoxy) is 1. The first-order chi connectivity index (χ1) is 6.74. The molecule has 0 aromatic carbocycles. The van der Waals surface area contributed by atoms with Crippen LogP contribution in [0, 0.1) is 0 Å². The minimum absolute atomic E-state index is 0.0863. The molecule has 3 N–H and O–H groups in total. The van der Waals surface area contributed by atoms with E-state index in [0.29, 0.717) is 6.42 Å². The van der Waals surface area contributed by atoms with E-state index < -0.39 is 6.04 Å². The van der Waals surface area contributed by atoms with E-state index in [0.717, 1.165) is 26.1 Å². The van der Waals surface area contributed by atoms with Gasteiger partial charge < -0.3 is 15.8 Å². The third kappa shape index (κ3) is 3.47. The molecule has 0 saturated carbocycles. The normalized spacial score (nSPS) is 20.1. The first-order valence-electron chi connectivity index (χ1n) is 4.98. The molecular formula is C10H18N2O2. The van der Waals surface area contributed by atoms with Crippen molar-refractivity contribution in [3.63, 3.8) is 0 Å². The monoisotopic (exact) mass is 198 g/mol. The SMILES string of the molecule is C=CCC(N)C(=O)NC1CCOCC1. The molecule has 80 valence electrons. The molecule has 0 bridgehead atoms. The fourth-order valence-electron chi connectivity index (χ4n) is 1.44. The van der Waals surface area contributed by atoms with Gasteiger partial charge >= 0.3 is 0 Å². The smallest absolute Gasteiger partial charge is 0.237 e. The summed E-state index contributed by atoms with van der Waals surface area (Å²) in [6.45, 7) is 5.00. The average molecular weight is 198 g/mol. The molecule has 0 aliphatic carbocycles. The largest absolute Gasteiger partial charge is 0.381 e. The Labute approximate surface area is 84.5 Å². The molecule has 1 rings (SSSR count). The molecule has 4 nitrogen and oxygen atoms in total. The Bertz CT molecular complexity index is 200. The van der Waals surface area contributed by atoms with Crippen LogP contribution in [0.4, 0.5) is 0 Å². The number of carbonyl (C=O) groups is 1. The molecule has 4 heteroatoms. The Morgan fingerprint density at radius 3 is 2.86 bits per heavy atom. The van der Waals surface area contributed by atoms with Gasteiger partial charge in [0.2, 0.25) is 5.91 Å². The van der Waals surface area contributed by atoms with E-state index in [2.05, 4.69) is 11.9 Å². The maximum absolute atomic E-state index is 11.5. The topological polar surface area (TPSA) is 64.4 Å². The summed E-state index contributed by atoms with van der Waals surface area (Å²) in [4.78, 5) is 11.5. The van der Waals surface area contributed by atoms with Crippen LogP contribution in [0.25, 0.3) is 0 Å². The van der Waals surface area contributed by atoms with Crippen LogP contribution in [0.1, 0.15) is 19.3 Å². The predicted molar refractivity (Wildman–Crippen MR) is 54.8 cm³/mol. The number of rotatable bonds is 4. The molecule has 1 amide bonds. The molecule has 0 radical (unpaired) electrons. The van der Waals surface area contributed by atoms with E-state index in [1.807, 2.05) is 0 Å².